The van der Waals surface area contributed by atoms with E-state index in [4.69, 9.17) is 14.6 Å². The van der Waals surface area contributed by atoms with Crippen molar-refractivity contribution in [3.63, 3.8) is 0 Å². The van der Waals surface area contributed by atoms with E-state index in [9.17, 15) is 9.59 Å². The third-order valence-electron chi connectivity index (χ3n) is 4.01. The molecular formula is C20H19N3O5. The summed E-state index contributed by atoms with van der Waals surface area (Å²) in [5.41, 5.74) is 2.46. The van der Waals surface area contributed by atoms with Crippen LogP contribution in [-0.2, 0) is 9.53 Å². The number of para-hydroxylation sites is 2. The smallest absolute Gasteiger partial charge is 0.329 e. The van der Waals surface area contributed by atoms with E-state index in [0.29, 0.717) is 28.0 Å². The number of hydrogen-bond acceptors (Lipinski definition) is 6. The summed E-state index contributed by atoms with van der Waals surface area (Å²) in [6.45, 7) is 1.12. The lowest BCUT2D eigenvalue weighted by Crippen LogP contribution is -2.32. The fourth-order valence-corrected chi connectivity index (χ4v) is 2.65. The second-order valence-corrected chi connectivity index (χ2v) is 5.98. The van der Waals surface area contributed by atoms with Crippen LogP contribution < -0.4 is 10.1 Å². The maximum atomic E-state index is 12.8. The Kier molecular flexibility index (Phi) is 5.81. The first kappa shape index (κ1) is 19.2. The van der Waals surface area contributed by atoms with Gasteiger partial charge < -0.3 is 19.9 Å². The Morgan fingerprint density at radius 1 is 1.07 bits per heavy atom. The number of benzene rings is 2. The number of aryl methyl sites for hydroxylation is 1. The van der Waals surface area contributed by atoms with E-state index in [1.54, 1.807) is 37.3 Å². The summed E-state index contributed by atoms with van der Waals surface area (Å²) < 4.78 is 10.5. The predicted octanol–water partition coefficient (Wildman–Crippen LogP) is 2.48. The van der Waals surface area contributed by atoms with E-state index in [0.717, 1.165) is 0 Å². The van der Waals surface area contributed by atoms with Gasteiger partial charge in [-0.2, -0.15) is 0 Å². The number of fused-ring (bicyclic) bond motifs is 1. The molecule has 0 aliphatic rings. The Bertz CT molecular complexity index is 1000. The molecule has 3 rings (SSSR count). The average Bonchev–Trinajstić information content (AvgIpc) is 2.70. The topological polar surface area (TPSA) is 111 Å². The van der Waals surface area contributed by atoms with Gasteiger partial charge in [0.1, 0.15) is 18.1 Å². The molecule has 1 amide bonds. The molecule has 2 aromatic carbocycles. The molecule has 144 valence electrons. The highest BCUT2D eigenvalue weighted by Crippen LogP contribution is 2.20. The number of nitrogens with one attached hydrogen (secondary N) is 1. The lowest BCUT2D eigenvalue weighted by atomic mass is 10.1. The number of hydrogen-bond donors (Lipinski definition) is 2. The molecule has 0 aliphatic heterocycles. The van der Waals surface area contributed by atoms with Crippen LogP contribution >= 0.6 is 0 Å². The van der Waals surface area contributed by atoms with Crippen LogP contribution in [0.25, 0.3) is 11.0 Å². The minimum absolute atomic E-state index is 0.149. The first-order valence-corrected chi connectivity index (χ1v) is 8.49. The molecule has 8 heteroatoms. The Labute approximate surface area is 161 Å². The van der Waals surface area contributed by atoms with Crippen LogP contribution in [0, 0.1) is 6.92 Å². The number of ether oxygens (including phenoxy) is 2. The molecule has 3 aromatic rings. The predicted molar refractivity (Wildman–Crippen MR) is 101 cm³/mol. The van der Waals surface area contributed by atoms with Gasteiger partial charge in [0, 0.05) is 5.56 Å². The summed E-state index contributed by atoms with van der Waals surface area (Å²) in [7, 11) is 1.54. The molecule has 1 atom stereocenters. The van der Waals surface area contributed by atoms with Crippen LogP contribution in [-0.4, -0.2) is 40.7 Å². The fourth-order valence-electron chi connectivity index (χ4n) is 2.65. The number of carboxylic acid groups (broad SMARTS) is 1. The van der Waals surface area contributed by atoms with Crippen molar-refractivity contribution in [2.75, 3.05) is 13.7 Å². The summed E-state index contributed by atoms with van der Waals surface area (Å²) in [4.78, 5) is 32.5. The zero-order valence-corrected chi connectivity index (χ0v) is 15.4. The number of carboxylic acids is 1. The van der Waals surface area contributed by atoms with Gasteiger partial charge in [0.15, 0.2) is 6.23 Å². The molecule has 0 spiro atoms. The second-order valence-electron chi connectivity index (χ2n) is 5.98. The molecule has 0 saturated heterocycles. The van der Waals surface area contributed by atoms with Crippen molar-refractivity contribution in [2.45, 2.75) is 13.2 Å². The van der Waals surface area contributed by atoms with Gasteiger partial charge >= 0.3 is 5.97 Å². The molecule has 0 radical (unpaired) electrons. The summed E-state index contributed by atoms with van der Waals surface area (Å²) in [5.74, 6) is -1.03. The number of amides is 1. The highest BCUT2D eigenvalue weighted by atomic mass is 16.5. The second kappa shape index (κ2) is 8.45. The molecule has 0 saturated carbocycles. The van der Waals surface area contributed by atoms with Crippen molar-refractivity contribution in [1.82, 2.24) is 15.3 Å². The van der Waals surface area contributed by atoms with Crippen molar-refractivity contribution in [1.29, 1.82) is 0 Å². The van der Waals surface area contributed by atoms with E-state index in [1.807, 2.05) is 18.2 Å². The number of aromatic nitrogens is 2. The van der Waals surface area contributed by atoms with E-state index in [2.05, 4.69) is 15.3 Å². The summed E-state index contributed by atoms with van der Waals surface area (Å²) in [6, 6.07) is 14.0. The molecule has 0 aliphatic carbocycles. The number of carbonyl (C=O) groups excluding carboxylic acids is 1. The molecule has 8 nitrogen and oxygen atoms in total. The molecule has 1 heterocycles. The highest BCUT2D eigenvalue weighted by Gasteiger charge is 2.21. The maximum Gasteiger partial charge on any atom is 0.329 e. The Balaban J connectivity index is 1.87. The summed E-state index contributed by atoms with van der Waals surface area (Å²) in [5, 5.41) is 11.6. The van der Waals surface area contributed by atoms with E-state index in [1.165, 1.54) is 7.11 Å². The van der Waals surface area contributed by atoms with Crippen LogP contribution in [0.1, 0.15) is 28.0 Å². The molecule has 1 unspecified atom stereocenters. The minimum atomic E-state index is -1.14. The van der Waals surface area contributed by atoms with Crippen LogP contribution in [0.4, 0.5) is 0 Å². The molecular weight excluding hydrogens is 362 g/mol. The zero-order chi connectivity index (χ0) is 20.1. The number of methoxy groups -OCH3 is 1. The normalized spacial score (nSPS) is 11.8. The third kappa shape index (κ3) is 4.41. The third-order valence-corrected chi connectivity index (χ3v) is 4.01. The van der Waals surface area contributed by atoms with Crippen molar-refractivity contribution in [3.05, 3.63) is 65.5 Å². The zero-order valence-electron chi connectivity index (χ0n) is 15.4. The van der Waals surface area contributed by atoms with Gasteiger partial charge in [-0.25, -0.2) is 14.8 Å². The monoisotopic (exact) mass is 381 g/mol. The standard InChI is InChI=1S/C20H19N3O5/c1-12-18(22-16-6-4-3-5-15(16)21-12)19(26)23-20(28-11-17(24)25)13-7-9-14(27-2)10-8-13/h3-10,20H,11H2,1-2H3,(H,23,26)(H,24,25). The number of rotatable bonds is 7. The van der Waals surface area contributed by atoms with Crippen molar-refractivity contribution in [2.24, 2.45) is 0 Å². The Morgan fingerprint density at radius 2 is 1.71 bits per heavy atom. The first-order valence-electron chi connectivity index (χ1n) is 8.49. The first-order chi connectivity index (χ1) is 13.5. The van der Waals surface area contributed by atoms with Gasteiger partial charge in [0.2, 0.25) is 0 Å². The van der Waals surface area contributed by atoms with Crippen molar-refractivity contribution >= 4 is 22.9 Å². The van der Waals surface area contributed by atoms with Crippen LogP contribution in [0.2, 0.25) is 0 Å². The highest BCUT2D eigenvalue weighted by molar-refractivity contribution is 5.95. The van der Waals surface area contributed by atoms with Crippen molar-refractivity contribution < 1.29 is 24.2 Å². The lowest BCUT2D eigenvalue weighted by molar-refractivity contribution is -0.145. The quantitative estimate of drug-likeness (QED) is 0.605. The Hall–Kier alpha value is -3.52. The van der Waals surface area contributed by atoms with Crippen LogP contribution in [0.15, 0.2) is 48.5 Å². The number of aliphatic carboxylic acids is 1. The lowest BCUT2D eigenvalue weighted by Gasteiger charge is -2.19. The number of carbonyl (C=O) groups is 2. The number of nitrogens with zero attached hydrogens (tertiary/aromatic N) is 2. The fraction of sp³-hybridized carbons (Fsp3) is 0.200. The molecule has 28 heavy (non-hydrogen) atoms. The molecule has 1 aromatic heterocycles. The van der Waals surface area contributed by atoms with Gasteiger partial charge in [-0.1, -0.05) is 24.3 Å². The largest absolute Gasteiger partial charge is 0.497 e. The average molecular weight is 381 g/mol. The molecule has 2 N–H and O–H groups in total. The van der Waals surface area contributed by atoms with E-state index < -0.39 is 24.7 Å². The van der Waals surface area contributed by atoms with Gasteiger partial charge in [0.25, 0.3) is 5.91 Å². The minimum Gasteiger partial charge on any atom is -0.497 e. The molecule has 0 bridgehead atoms. The van der Waals surface area contributed by atoms with E-state index in [-0.39, 0.29) is 5.69 Å². The molecule has 0 fully saturated rings. The SMILES string of the molecule is COc1ccc(C(NC(=O)c2nc3ccccc3nc2C)OCC(=O)O)cc1. The van der Waals surface area contributed by atoms with Gasteiger partial charge in [-0.3, -0.25) is 4.79 Å². The Morgan fingerprint density at radius 3 is 2.32 bits per heavy atom. The van der Waals surface area contributed by atoms with Gasteiger partial charge in [0.05, 0.1) is 23.8 Å². The van der Waals surface area contributed by atoms with Gasteiger partial charge in [-0.15, -0.1) is 0 Å². The van der Waals surface area contributed by atoms with Crippen LogP contribution in [0.5, 0.6) is 5.75 Å². The summed E-state index contributed by atoms with van der Waals surface area (Å²) >= 11 is 0. The van der Waals surface area contributed by atoms with E-state index >= 15 is 0 Å². The van der Waals surface area contributed by atoms with Gasteiger partial charge in [-0.05, 0) is 31.2 Å². The summed E-state index contributed by atoms with van der Waals surface area (Å²) in [6.07, 6.45) is -0.970. The van der Waals surface area contributed by atoms with Crippen molar-refractivity contribution in [3.8, 4) is 5.75 Å². The van der Waals surface area contributed by atoms with Crippen LogP contribution in [0.3, 0.4) is 0 Å². The maximum absolute atomic E-state index is 12.8.